The summed E-state index contributed by atoms with van der Waals surface area (Å²) in [5.74, 6) is 1.39. The van der Waals surface area contributed by atoms with Crippen LogP contribution >= 0.6 is 0 Å². The molecule has 20 heavy (non-hydrogen) atoms. The molecule has 0 amide bonds. The van der Waals surface area contributed by atoms with Crippen molar-refractivity contribution in [2.45, 2.75) is 50.0 Å². The van der Waals surface area contributed by atoms with Crippen LogP contribution in [0.15, 0.2) is 24.3 Å². The van der Waals surface area contributed by atoms with E-state index in [2.05, 4.69) is 12.1 Å². The first kappa shape index (κ1) is 13.9. The smallest absolute Gasteiger partial charge is 0.119 e. The van der Waals surface area contributed by atoms with Crippen molar-refractivity contribution in [3.63, 3.8) is 0 Å². The van der Waals surface area contributed by atoms with E-state index in [0.717, 1.165) is 51.1 Å². The van der Waals surface area contributed by atoms with Crippen LogP contribution in [-0.2, 0) is 4.74 Å². The van der Waals surface area contributed by atoms with Gasteiger partial charge in [-0.2, -0.15) is 0 Å². The predicted molar refractivity (Wildman–Crippen MR) is 78.1 cm³/mol. The molecule has 1 aliphatic carbocycles. The lowest BCUT2D eigenvalue weighted by molar-refractivity contribution is -0.0339. The molecule has 1 heterocycles. The normalized spacial score (nSPS) is 25.6. The topological polar surface area (TPSA) is 38.7 Å². The van der Waals surface area contributed by atoms with Gasteiger partial charge in [0.25, 0.3) is 0 Å². The van der Waals surface area contributed by atoms with E-state index in [1.165, 1.54) is 12.0 Å². The van der Waals surface area contributed by atoms with Gasteiger partial charge in [0.05, 0.1) is 12.2 Å². The van der Waals surface area contributed by atoms with Gasteiger partial charge >= 0.3 is 0 Å². The largest absolute Gasteiger partial charge is 0.491 e. The van der Waals surface area contributed by atoms with Crippen molar-refractivity contribution in [3.8, 4) is 5.75 Å². The van der Waals surface area contributed by atoms with Crippen LogP contribution in [0.2, 0.25) is 0 Å². The van der Waals surface area contributed by atoms with Gasteiger partial charge in [-0.3, -0.25) is 0 Å². The Bertz CT molecular complexity index is 414. The standard InChI is InChI=1S/C17H24O3/c18-17(9-2-1-3-10-17)13-20-16-6-4-14(5-7-16)15-8-11-19-12-15/h4-7,15,18H,1-3,8-13H2. The molecule has 0 aromatic heterocycles. The zero-order chi connectivity index (χ0) is 13.8. The zero-order valence-electron chi connectivity index (χ0n) is 12.0. The van der Waals surface area contributed by atoms with Crippen LogP contribution in [0, 0.1) is 0 Å². The molecule has 3 heteroatoms. The van der Waals surface area contributed by atoms with Gasteiger partial charge in [-0.05, 0) is 37.0 Å². The summed E-state index contributed by atoms with van der Waals surface area (Å²) >= 11 is 0. The maximum absolute atomic E-state index is 10.4. The molecule has 1 aromatic rings. The molecule has 1 atom stereocenters. The third kappa shape index (κ3) is 3.33. The molecule has 3 nitrogen and oxygen atoms in total. The Morgan fingerprint density at radius 3 is 2.55 bits per heavy atom. The van der Waals surface area contributed by atoms with Gasteiger partial charge in [0.15, 0.2) is 0 Å². The fourth-order valence-electron chi connectivity index (χ4n) is 3.21. The molecule has 0 bridgehead atoms. The molecular formula is C17H24O3. The average Bonchev–Trinajstić information content (AvgIpc) is 3.01. The zero-order valence-corrected chi connectivity index (χ0v) is 12.0. The highest BCUT2D eigenvalue weighted by Gasteiger charge is 2.30. The van der Waals surface area contributed by atoms with Crippen LogP contribution in [0.5, 0.6) is 5.75 Å². The van der Waals surface area contributed by atoms with Gasteiger partial charge in [0.2, 0.25) is 0 Å². The second kappa shape index (κ2) is 6.15. The quantitative estimate of drug-likeness (QED) is 0.917. The summed E-state index contributed by atoms with van der Waals surface area (Å²) in [6, 6.07) is 8.28. The SMILES string of the molecule is OC1(COc2ccc(C3CCOC3)cc2)CCCCC1. The van der Waals surface area contributed by atoms with Crippen molar-refractivity contribution in [2.75, 3.05) is 19.8 Å². The van der Waals surface area contributed by atoms with E-state index in [1.807, 2.05) is 12.1 Å². The monoisotopic (exact) mass is 276 g/mol. The Kier molecular flexibility index (Phi) is 4.27. The van der Waals surface area contributed by atoms with E-state index in [1.54, 1.807) is 0 Å². The van der Waals surface area contributed by atoms with Gasteiger partial charge in [0.1, 0.15) is 12.4 Å². The van der Waals surface area contributed by atoms with E-state index in [9.17, 15) is 5.11 Å². The Balaban J connectivity index is 1.55. The molecular weight excluding hydrogens is 252 g/mol. The molecule has 1 aromatic carbocycles. The van der Waals surface area contributed by atoms with Crippen LogP contribution in [0.3, 0.4) is 0 Å². The molecule has 1 saturated heterocycles. The average molecular weight is 276 g/mol. The third-order valence-electron chi connectivity index (χ3n) is 4.57. The molecule has 1 aliphatic heterocycles. The van der Waals surface area contributed by atoms with E-state index >= 15 is 0 Å². The van der Waals surface area contributed by atoms with E-state index < -0.39 is 5.60 Å². The maximum atomic E-state index is 10.4. The van der Waals surface area contributed by atoms with Gasteiger partial charge in [-0.25, -0.2) is 0 Å². The summed E-state index contributed by atoms with van der Waals surface area (Å²) < 4.78 is 11.2. The van der Waals surface area contributed by atoms with Crippen molar-refractivity contribution < 1.29 is 14.6 Å². The molecule has 2 fully saturated rings. The highest BCUT2D eigenvalue weighted by Crippen LogP contribution is 2.30. The fourth-order valence-corrected chi connectivity index (χ4v) is 3.21. The number of benzene rings is 1. The van der Waals surface area contributed by atoms with Crippen LogP contribution in [-0.4, -0.2) is 30.5 Å². The summed E-state index contributed by atoms with van der Waals surface area (Å²) in [6.45, 7) is 2.12. The minimum Gasteiger partial charge on any atom is -0.491 e. The molecule has 0 radical (unpaired) electrons. The van der Waals surface area contributed by atoms with Crippen molar-refractivity contribution in [1.29, 1.82) is 0 Å². The summed E-state index contributed by atoms with van der Waals surface area (Å²) in [7, 11) is 0. The summed E-state index contributed by atoms with van der Waals surface area (Å²) in [5.41, 5.74) is 0.710. The van der Waals surface area contributed by atoms with Crippen molar-refractivity contribution in [3.05, 3.63) is 29.8 Å². The number of aliphatic hydroxyl groups is 1. The Labute approximate surface area is 120 Å². The summed E-state index contributed by atoms with van der Waals surface area (Å²) in [4.78, 5) is 0. The van der Waals surface area contributed by atoms with Gasteiger partial charge in [-0.1, -0.05) is 31.4 Å². The van der Waals surface area contributed by atoms with Gasteiger partial charge < -0.3 is 14.6 Å². The van der Waals surface area contributed by atoms with E-state index in [0.29, 0.717) is 12.5 Å². The second-order valence-corrected chi connectivity index (χ2v) is 6.20. The molecule has 0 spiro atoms. The summed E-state index contributed by atoms with van der Waals surface area (Å²) in [6.07, 6.45) is 6.30. The predicted octanol–water partition coefficient (Wildman–Crippen LogP) is 3.26. The minimum atomic E-state index is -0.615. The molecule has 1 unspecified atom stereocenters. The number of hydrogen-bond donors (Lipinski definition) is 1. The van der Waals surface area contributed by atoms with Crippen molar-refractivity contribution in [1.82, 2.24) is 0 Å². The lowest BCUT2D eigenvalue weighted by atomic mass is 9.85. The van der Waals surface area contributed by atoms with Crippen molar-refractivity contribution >= 4 is 0 Å². The Morgan fingerprint density at radius 1 is 1.15 bits per heavy atom. The second-order valence-electron chi connectivity index (χ2n) is 6.20. The first-order valence-corrected chi connectivity index (χ1v) is 7.78. The van der Waals surface area contributed by atoms with Crippen LogP contribution in [0.4, 0.5) is 0 Å². The molecule has 3 rings (SSSR count). The van der Waals surface area contributed by atoms with Crippen LogP contribution in [0.1, 0.15) is 50.0 Å². The lowest BCUT2D eigenvalue weighted by Gasteiger charge is -2.31. The Morgan fingerprint density at radius 2 is 1.90 bits per heavy atom. The third-order valence-corrected chi connectivity index (χ3v) is 4.57. The van der Waals surface area contributed by atoms with E-state index in [-0.39, 0.29) is 0 Å². The highest BCUT2D eigenvalue weighted by atomic mass is 16.5. The van der Waals surface area contributed by atoms with Crippen molar-refractivity contribution in [2.24, 2.45) is 0 Å². The van der Waals surface area contributed by atoms with Gasteiger partial charge in [-0.15, -0.1) is 0 Å². The number of rotatable bonds is 4. The van der Waals surface area contributed by atoms with Crippen LogP contribution in [0.25, 0.3) is 0 Å². The lowest BCUT2D eigenvalue weighted by Crippen LogP contribution is -2.37. The fraction of sp³-hybridized carbons (Fsp3) is 0.647. The molecule has 1 saturated carbocycles. The van der Waals surface area contributed by atoms with E-state index in [4.69, 9.17) is 9.47 Å². The first-order valence-electron chi connectivity index (χ1n) is 7.78. The molecule has 110 valence electrons. The van der Waals surface area contributed by atoms with Gasteiger partial charge in [0, 0.05) is 12.5 Å². The molecule has 2 aliphatic rings. The highest BCUT2D eigenvalue weighted by molar-refractivity contribution is 5.30. The first-order chi connectivity index (χ1) is 9.75. The van der Waals surface area contributed by atoms with Crippen LogP contribution < -0.4 is 4.74 Å². The minimum absolute atomic E-state index is 0.416. The number of hydrogen-bond acceptors (Lipinski definition) is 3. The summed E-state index contributed by atoms with van der Waals surface area (Å²) in [5, 5.41) is 10.4. The number of ether oxygens (including phenoxy) is 2. The maximum Gasteiger partial charge on any atom is 0.119 e. The molecule has 1 N–H and O–H groups in total. The Hall–Kier alpha value is -1.06.